The molecule has 1 aliphatic rings. The van der Waals surface area contributed by atoms with E-state index in [1.54, 1.807) is 12.3 Å². The van der Waals surface area contributed by atoms with Crippen LogP contribution in [0.15, 0.2) is 59.7 Å². The molecule has 6 nitrogen and oxygen atoms in total. The highest BCUT2D eigenvalue weighted by Crippen LogP contribution is 2.25. The summed E-state index contributed by atoms with van der Waals surface area (Å²) in [4.78, 5) is 25.3. The average Bonchev–Trinajstić information content (AvgIpc) is 3.05. The highest BCUT2D eigenvalue weighted by atomic mass is 16.1. The summed E-state index contributed by atoms with van der Waals surface area (Å²) in [6.07, 6.45) is 1.94. The molecule has 27 heavy (non-hydrogen) atoms. The number of rotatable bonds is 5. The van der Waals surface area contributed by atoms with Crippen LogP contribution in [-0.4, -0.2) is 21.5 Å². The first-order valence-corrected chi connectivity index (χ1v) is 8.70. The number of hydrogen-bond acceptors (Lipinski definition) is 6. The Kier molecular flexibility index (Phi) is 4.38. The summed E-state index contributed by atoms with van der Waals surface area (Å²) in [5.41, 5.74) is 11.1. The maximum absolute atomic E-state index is 12.8. The van der Waals surface area contributed by atoms with Crippen molar-refractivity contribution in [3.63, 3.8) is 0 Å². The molecule has 134 valence electrons. The number of nitrogens with one attached hydrogen (secondary N) is 1. The lowest BCUT2D eigenvalue weighted by Gasteiger charge is -2.09. The largest absolute Gasteiger partial charge is 0.368 e. The minimum Gasteiger partial charge on any atom is -0.368 e. The van der Waals surface area contributed by atoms with Gasteiger partial charge in [0.1, 0.15) is 11.5 Å². The first kappa shape index (κ1) is 16.9. The molecule has 1 aromatic heterocycles. The lowest BCUT2D eigenvalue weighted by Crippen LogP contribution is -2.16. The molecular formula is C21H19N5O. The van der Waals surface area contributed by atoms with E-state index in [1.807, 2.05) is 49.4 Å². The molecule has 0 amide bonds. The Hall–Kier alpha value is -3.54. The van der Waals surface area contributed by atoms with Gasteiger partial charge in [0.05, 0.1) is 6.54 Å². The van der Waals surface area contributed by atoms with Crippen molar-refractivity contribution in [2.45, 2.75) is 19.9 Å². The molecule has 3 N–H and O–H groups in total. The van der Waals surface area contributed by atoms with Crippen molar-refractivity contribution in [1.29, 1.82) is 0 Å². The standard InChI is InChI=1S/C21H19N5O/c1-13-3-2-4-14(9-13)10-18(27)20-17-11-16(6-5-15(17)12-24-20)25-19-7-8-23-21(22)26-19/h2-9,11H,10,12H2,1H3,(H3,22,23,25,26). The van der Waals surface area contributed by atoms with Crippen molar-refractivity contribution in [2.24, 2.45) is 4.99 Å². The van der Waals surface area contributed by atoms with Gasteiger partial charge in [-0.05, 0) is 36.2 Å². The maximum atomic E-state index is 12.8. The van der Waals surface area contributed by atoms with Crippen molar-refractivity contribution in [2.75, 3.05) is 11.1 Å². The summed E-state index contributed by atoms with van der Waals surface area (Å²) in [5, 5.41) is 3.19. The van der Waals surface area contributed by atoms with Gasteiger partial charge in [-0.25, -0.2) is 4.98 Å². The van der Waals surface area contributed by atoms with Crippen LogP contribution in [0.25, 0.3) is 0 Å². The Labute approximate surface area is 157 Å². The number of aryl methyl sites for hydroxylation is 1. The second kappa shape index (κ2) is 6.99. The van der Waals surface area contributed by atoms with Gasteiger partial charge >= 0.3 is 0 Å². The molecule has 0 spiro atoms. The summed E-state index contributed by atoms with van der Waals surface area (Å²) < 4.78 is 0. The topological polar surface area (TPSA) is 93.3 Å². The van der Waals surface area contributed by atoms with Crippen molar-refractivity contribution in [1.82, 2.24) is 9.97 Å². The number of Topliss-reactive ketones (excluding diaryl/α,β-unsaturated/α-hetero) is 1. The number of fused-ring (bicyclic) bond motifs is 1. The van der Waals surface area contributed by atoms with Gasteiger partial charge in [0.15, 0.2) is 5.78 Å². The summed E-state index contributed by atoms with van der Waals surface area (Å²) in [6.45, 7) is 2.55. The molecule has 4 rings (SSSR count). The molecule has 0 atom stereocenters. The van der Waals surface area contributed by atoms with Crippen molar-refractivity contribution in [3.05, 3.63) is 77.0 Å². The summed E-state index contributed by atoms with van der Waals surface area (Å²) >= 11 is 0. The van der Waals surface area contributed by atoms with Crippen LogP contribution in [0.4, 0.5) is 17.5 Å². The number of hydrogen-bond donors (Lipinski definition) is 2. The first-order chi connectivity index (χ1) is 13.1. The molecule has 3 aromatic rings. The average molecular weight is 357 g/mol. The highest BCUT2D eigenvalue weighted by Gasteiger charge is 2.22. The zero-order chi connectivity index (χ0) is 18.8. The van der Waals surface area contributed by atoms with Gasteiger partial charge in [-0.2, -0.15) is 4.98 Å². The molecule has 1 aliphatic heterocycles. The normalized spacial score (nSPS) is 12.4. The molecular weight excluding hydrogens is 338 g/mol. The van der Waals surface area contributed by atoms with Gasteiger partial charge in [-0.1, -0.05) is 35.9 Å². The van der Waals surface area contributed by atoms with Crippen LogP contribution in [-0.2, 0) is 17.8 Å². The van der Waals surface area contributed by atoms with Crippen LogP contribution in [0.5, 0.6) is 0 Å². The van der Waals surface area contributed by atoms with Crippen LogP contribution in [0.3, 0.4) is 0 Å². The molecule has 0 aliphatic carbocycles. The first-order valence-electron chi connectivity index (χ1n) is 8.70. The van der Waals surface area contributed by atoms with Crippen molar-refractivity contribution in [3.8, 4) is 0 Å². The summed E-state index contributed by atoms with van der Waals surface area (Å²) in [7, 11) is 0. The minimum atomic E-state index is 0.0304. The van der Waals surface area contributed by atoms with E-state index >= 15 is 0 Å². The number of aliphatic imine (C=N–C) groups is 1. The molecule has 0 unspecified atom stereocenters. The molecule has 0 saturated carbocycles. The number of anilines is 3. The Balaban J connectivity index is 1.56. The fourth-order valence-electron chi connectivity index (χ4n) is 3.18. The predicted molar refractivity (Wildman–Crippen MR) is 106 cm³/mol. The van der Waals surface area contributed by atoms with Gasteiger partial charge in [0.2, 0.25) is 5.95 Å². The lowest BCUT2D eigenvalue weighted by atomic mass is 9.98. The van der Waals surface area contributed by atoms with Gasteiger partial charge < -0.3 is 11.1 Å². The van der Waals surface area contributed by atoms with Gasteiger partial charge in [0.25, 0.3) is 0 Å². The van der Waals surface area contributed by atoms with E-state index < -0.39 is 0 Å². The van der Waals surface area contributed by atoms with Gasteiger partial charge in [-0.3, -0.25) is 9.79 Å². The third-order valence-electron chi connectivity index (χ3n) is 4.43. The van der Waals surface area contributed by atoms with Crippen LogP contribution >= 0.6 is 0 Å². The third kappa shape index (κ3) is 3.69. The van der Waals surface area contributed by atoms with Crippen LogP contribution < -0.4 is 11.1 Å². The maximum Gasteiger partial charge on any atom is 0.221 e. The van der Waals surface area contributed by atoms with Crippen molar-refractivity contribution < 1.29 is 4.79 Å². The molecule has 2 aromatic carbocycles. The van der Waals surface area contributed by atoms with E-state index in [0.717, 1.165) is 27.9 Å². The Morgan fingerprint density at radius 2 is 2.07 bits per heavy atom. The molecule has 0 radical (unpaired) electrons. The van der Waals surface area contributed by atoms with E-state index in [2.05, 4.69) is 20.3 Å². The van der Waals surface area contributed by atoms with Crippen molar-refractivity contribution >= 4 is 28.9 Å². The fraction of sp³-hybridized carbons (Fsp3) is 0.143. The second-order valence-corrected chi connectivity index (χ2v) is 6.55. The van der Waals surface area contributed by atoms with E-state index in [9.17, 15) is 4.79 Å². The number of aromatic nitrogens is 2. The summed E-state index contributed by atoms with van der Waals surface area (Å²) in [6, 6.07) is 15.6. The molecule has 2 heterocycles. The van der Waals surface area contributed by atoms with E-state index in [-0.39, 0.29) is 11.7 Å². The van der Waals surface area contributed by atoms with Gasteiger partial charge in [0, 0.05) is 23.9 Å². The third-order valence-corrected chi connectivity index (χ3v) is 4.43. The molecule has 0 saturated heterocycles. The summed E-state index contributed by atoms with van der Waals surface area (Å²) in [5.74, 6) is 0.838. The smallest absolute Gasteiger partial charge is 0.221 e. The monoisotopic (exact) mass is 357 g/mol. The number of ketones is 1. The quantitative estimate of drug-likeness (QED) is 0.731. The lowest BCUT2D eigenvalue weighted by molar-refractivity contribution is -0.112. The zero-order valence-corrected chi connectivity index (χ0v) is 14.9. The number of benzene rings is 2. The molecule has 0 bridgehead atoms. The van der Waals surface area contributed by atoms with E-state index in [0.29, 0.717) is 24.5 Å². The Morgan fingerprint density at radius 3 is 2.89 bits per heavy atom. The van der Waals surface area contributed by atoms with Crippen LogP contribution in [0.2, 0.25) is 0 Å². The Bertz CT molecular complexity index is 1060. The number of carbonyl (C=O) groups is 1. The van der Waals surface area contributed by atoms with E-state index in [1.165, 1.54) is 0 Å². The highest BCUT2D eigenvalue weighted by molar-refractivity contribution is 6.47. The number of nitrogens with two attached hydrogens (primary N) is 1. The number of carbonyl (C=O) groups excluding carboxylic acids is 1. The Morgan fingerprint density at radius 1 is 1.19 bits per heavy atom. The predicted octanol–water partition coefficient (Wildman–Crippen LogP) is 3.23. The molecule has 0 fully saturated rings. The number of nitrogens with zero attached hydrogens (tertiary/aromatic N) is 3. The SMILES string of the molecule is Cc1cccc(CC(=O)C2=NCc3ccc(Nc4ccnc(N)n4)cc32)c1. The fourth-order valence-corrected chi connectivity index (χ4v) is 3.18. The van der Waals surface area contributed by atoms with Crippen LogP contribution in [0.1, 0.15) is 22.3 Å². The minimum absolute atomic E-state index is 0.0304. The number of nitrogen functional groups attached to an aromatic ring is 1. The zero-order valence-electron chi connectivity index (χ0n) is 14.9. The van der Waals surface area contributed by atoms with Gasteiger partial charge in [-0.15, -0.1) is 0 Å². The second-order valence-electron chi connectivity index (χ2n) is 6.55. The molecule has 6 heteroatoms. The van der Waals surface area contributed by atoms with E-state index in [4.69, 9.17) is 5.73 Å². The van der Waals surface area contributed by atoms with Crippen LogP contribution in [0, 0.1) is 6.92 Å².